The number of nitrogens with one attached hydrogen (secondary N) is 2. The number of hydrogen-bond acceptors (Lipinski definition) is 6. The van der Waals surface area contributed by atoms with Gasteiger partial charge in [-0.1, -0.05) is 6.42 Å². The van der Waals surface area contributed by atoms with Crippen LogP contribution in [0.25, 0.3) is 0 Å². The molecule has 0 fully saturated rings. The van der Waals surface area contributed by atoms with E-state index in [0.29, 0.717) is 46.1 Å². The molecule has 0 saturated carbocycles. The van der Waals surface area contributed by atoms with Gasteiger partial charge in [-0.3, -0.25) is 9.59 Å². The number of nitrogens with two attached hydrogens (primary N) is 1. The maximum absolute atomic E-state index is 11.4. The summed E-state index contributed by atoms with van der Waals surface area (Å²) in [5, 5.41) is 5.44. The predicted molar refractivity (Wildman–Crippen MR) is 87.1 cm³/mol. The van der Waals surface area contributed by atoms with Crippen molar-refractivity contribution in [3.05, 3.63) is 0 Å². The minimum Gasteiger partial charge on any atom is -0.377 e. The largest absolute Gasteiger partial charge is 0.377 e. The van der Waals surface area contributed by atoms with E-state index in [2.05, 4.69) is 10.6 Å². The molecule has 136 valence electrons. The van der Waals surface area contributed by atoms with Crippen LogP contribution in [0.4, 0.5) is 0 Å². The molecule has 0 aromatic carbocycles. The third-order valence-corrected chi connectivity index (χ3v) is 2.81. The molecule has 0 rings (SSSR count). The molecule has 4 N–H and O–H groups in total. The maximum atomic E-state index is 11.4. The summed E-state index contributed by atoms with van der Waals surface area (Å²) in [6.07, 6.45) is 2.93. The summed E-state index contributed by atoms with van der Waals surface area (Å²) in [6, 6.07) is 0. The zero-order valence-electron chi connectivity index (χ0n) is 14.1. The van der Waals surface area contributed by atoms with Gasteiger partial charge in [-0.05, 0) is 26.3 Å². The van der Waals surface area contributed by atoms with Crippen molar-refractivity contribution in [1.29, 1.82) is 0 Å². The molecule has 0 aromatic heterocycles. The molecular weight excluding hydrogens is 302 g/mol. The summed E-state index contributed by atoms with van der Waals surface area (Å²) in [4.78, 5) is 22.6. The molecule has 23 heavy (non-hydrogen) atoms. The van der Waals surface area contributed by atoms with Gasteiger partial charge in [0.25, 0.3) is 0 Å². The summed E-state index contributed by atoms with van der Waals surface area (Å²) in [5.41, 5.74) is 5.38. The summed E-state index contributed by atoms with van der Waals surface area (Å²) in [6.45, 7) is 5.34. The second-order valence-electron chi connectivity index (χ2n) is 4.85. The van der Waals surface area contributed by atoms with Crippen LogP contribution in [0.1, 0.15) is 26.2 Å². The molecule has 2 amide bonds. The van der Waals surface area contributed by atoms with E-state index < -0.39 is 0 Å². The predicted octanol–water partition coefficient (Wildman–Crippen LogP) is -0.582. The van der Waals surface area contributed by atoms with Gasteiger partial charge in [-0.2, -0.15) is 0 Å². The number of rotatable bonds is 16. The van der Waals surface area contributed by atoms with Crippen LogP contribution in [0.2, 0.25) is 0 Å². The van der Waals surface area contributed by atoms with Crippen molar-refractivity contribution in [3.63, 3.8) is 0 Å². The molecule has 0 aromatic rings. The number of hydrogen-bond donors (Lipinski definition) is 3. The van der Waals surface area contributed by atoms with Crippen molar-refractivity contribution >= 4 is 11.8 Å². The fourth-order valence-electron chi connectivity index (χ4n) is 1.62. The highest BCUT2D eigenvalue weighted by Crippen LogP contribution is 1.91. The third kappa shape index (κ3) is 17.0. The van der Waals surface area contributed by atoms with Crippen molar-refractivity contribution < 1.29 is 23.8 Å². The van der Waals surface area contributed by atoms with Crippen molar-refractivity contribution in [2.24, 2.45) is 5.73 Å². The van der Waals surface area contributed by atoms with Crippen molar-refractivity contribution in [2.75, 3.05) is 59.3 Å². The molecule has 0 aliphatic heterocycles. The number of carbonyl (C=O) groups is 2. The van der Waals surface area contributed by atoms with Gasteiger partial charge in [0.1, 0.15) is 13.2 Å². The van der Waals surface area contributed by atoms with E-state index in [1.807, 2.05) is 6.92 Å². The Bertz CT molecular complexity index is 303. The highest BCUT2D eigenvalue weighted by atomic mass is 16.5. The first-order valence-electron chi connectivity index (χ1n) is 8.17. The summed E-state index contributed by atoms with van der Waals surface area (Å²) in [5.74, 6) is -0.282. The average molecular weight is 333 g/mol. The number of carbonyl (C=O) groups excluding carboxylic acids is 2. The van der Waals surface area contributed by atoms with Gasteiger partial charge in [0, 0.05) is 19.7 Å². The van der Waals surface area contributed by atoms with Gasteiger partial charge in [0.15, 0.2) is 0 Å². The summed E-state index contributed by atoms with van der Waals surface area (Å²) < 4.78 is 15.4. The Morgan fingerprint density at radius 3 is 2.17 bits per heavy atom. The monoisotopic (exact) mass is 333 g/mol. The zero-order valence-corrected chi connectivity index (χ0v) is 14.1. The quantitative estimate of drug-likeness (QED) is 0.326. The van der Waals surface area contributed by atoms with E-state index >= 15 is 0 Å². The first kappa shape index (κ1) is 21.8. The lowest BCUT2D eigenvalue weighted by atomic mass is 10.2. The second kappa shape index (κ2) is 17.1. The Balaban J connectivity index is 3.23. The Kier molecular flexibility index (Phi) is 16.2. The van der Waals surface area contributed by atoms with Gasteiger partial charge in [-0.25, -0.2) is 0 Å². The molecule has 0 aliphatic carbocycles. The van der Waals surface area contributed by atoms with Gasteiger partial charge < -0.3 is 30.6 Å². The van der Waals surface area contributed by atoms with Crippen LogP contribution in [0.5, 0.6) is 0 Å². The molecule has 0 aliphatic rings. The lowest BCUT2D eigenvalue weighted by molar-refractivity contribution is -0.127. The van der Waals surface area contributed by atoms with Crippen molar-refractivity contribution in [3.8, 4) is 0 Å². The van der Waals surface area contributed by atoms with E-state index in [4.69, 9.17) is 19.9 Å². The van der Waals surface area contributed by atoms with Crippen LogP contribution in [-0.4, -0.2) is 71.1 Å². The van der Waals surface area contributed by atoms with Gasteiger partial charge >= 0.3 is 0 Å². The Labute approximate surface area is 138 Å². The fraction of sp³-hybridized carbons (Fsp3) is 0.867. The molecule has 0 unspecified atom stereocenters. The average Bonchev–Trinajstić information content (AvgIpc) is 2.55. The molecule has 0 radical (unpaired) electrons. The molecule has 8 nitrogen and oxygen atoms in total. The van der Waals surface area contributed by atoms with Gasteiger partial charge in [-0.15, -0.1) is 0 Å². The van der Waals surface area contributed by atoms with Crippen LogP contribution >= 0.6 is 0 Å². The maximum Gasteiger partial charge on any atom is 0.246 e. The zero-order chi connectivity index (χ0) is 17.2. The molecule has 0 saturated heterocycles. The first-order valence-corrected chi connectivity index (χ1v) is 8.17. The summed E-state index contributed by atoms with van der Waals surface area (Å²) in [7, 11) is 0. The van der Waals surface area contributed by atoms with Crippen LogP contribution in [0.15, 0.2) is 0 Å². The lowest BCUT2D eigenvalue weighted by Crippen LogP contribution is -2.31. The molecular formula is C15H31N3O5. The molecule has 8 heteroatoms. The van der Waals surface area contributed by atoms with E-state index in [0.717, 1.165) is 19.3 Å². The summed E-state index contributed by atoms with van der Waals surface area (Å²) >= 11 is 0. The molecule has 0 atom stereocenters. The molecule has 0 bridgehead atoms. The Morgan fingerprint density at radius 2 is 1.48 bits per heavy atom. The fourth-order valence-corrected chi connectivity index (χ4v) is 1.62. The Morgan fingerprint density at radius 1 is 0.826 bits per heavy atom. The minimum atomic E-state index is -0.158. The number of amides is 2. The minimum absolute atomic E-state index is 0.0331. The smallest absolute Gasteiger partial charge is 0.246 e. The van der Waals surface area contributed by atoms with Crippen LogP contribution < -0.4 is 16.4 Å². The Hall–Kier alpha value is -1.22. The standard InChI is InChI=1S/C15H31N3O5/c1-2-21-12-14(19)18-8-9-22-10-11-23-13-15(20)17-7-5-3-4-6-16/h2-13,16H2,1H3,(H,17,20)(H,18,19). The number of unbranched alkanes of at least 4 members (excludes halogenated alkanes) is 2. The second-order valence-corrected chi connectivity index (χ2v) is 4.85. The highest BCUT2D eigenvalue weighted by Gasteiger charge is 2.01. The van der Waals surface area contributed by atoms with E-state index in [-0.39, 0.29) is 25.0 Å². The molecule has 0 spiro atoms. The van der Waals surface area contributed by atoms with Gasteiger partial charge in [0.2, 0.25) is 11.8 Å². The van der Waals surface area contributed by atoms with E-state index in [9.17, 15) is 9.59 Å². The van der Waals surface area contributed by atoms with E-state index in [1.165, 1.54) is 0 Å². The van der Waals surface area contributed by atoms with E-state index in [1.54, 1.807) is 0 Å². The topological polar surface area (TPSA) is 112 Å². The highest BCUT2D eigenvalue weighted by molar-refractivity contribution is 5.77. The lowest BCUT2D eigenvalue weighted by Gasteiger charge is -2.08. The van der Waals surface area contributed by atoms with Crippen LogP contribution in [-0.2, 0) is 23.8 Å². The van der Waals surface area contributed by atoms with Gasteiger partial charge in [0.05, 0.1) is 19.8 Å². The third-order valence-electron chi connectivity index (χ3n) is 2.81. The van der Waals surface area contributed by atoms with Crippen LogP contribution in [0.3, 0.4) is 0 Å². The SMILES string of the molecule is CCOCC(=O)NCCOCCOCC(=O)NCCCCCN. The van der Waals surface area contributed by atoms with Crippen molar-refractivity contribution in [2.45, 2.75) is 26.2 Å². The normalized spacial score (nSPS) is 10.5. The molecule has 0 heterocycles. The first-order chi connectivity index (χ1) is 11.2. The van der Waals surface area contributed by atoms with Crippen molar-refractivity contribution in [1.82, 2.24) is 10.6 Å². The van der Waals surface area contributed by atoms with Crippen LogP contribution in [0, 0.1) is 0 Å². The number of ether oxygens (including phenoxy) is 3.